The van der Waals surface area contributed by atoms with Gasteiger partial charge in [0, 0.05) is 11.4 Å². The molecule has 0 spiro atoms. The molecule has 4 nitrogen and oxygen atoms in total. The van der Waals surface area contributed by atoms with Crippen molar-refractivity contribution in [2.24, 2.45) is 0 Å². The zero-order chi connectivity index (χ0) is 14.5. The molecule has 0 saturated heterocycles. The maximum atomic E-state index is 12.0. The Balaban J connectivity index is 1.96. The Bertz CT molecular complexity index is 594. The van der Waals surface area contributed by atoms with E-state index in [-0.39, 0.29) is 5.91 Å². The van der Waals surface area contributed by atoms with Crippen molar-refractivity contribution in [3.05, 3.63) is 54.1 Å². The lowest BCUT2D eigenvalue weighted by atomic mass is 10.2. The number of anilines is 2. The van der Waals surface area contributed by atoms with Gasteiger partial charge in [-0.2, -0.15) is 0 Å². The summed E-state index contributed by atoms with van der Waals surface area (Å²) in [6.45, 7) is 3.70. The monoisotopic (exact) mass is 270 g/mol. The second-order valence-corrected chi connectivity index (χ2v) is 4.69. The van der Waals surface area contributed by atoms with Crippen molar-refractivity contribution >= 4 is 17.3 Å². The van der Waals surface area contributed by atoms with Crippen molar-refractivity contribution in [2.75, 3.05) is 11.1 Å². The summed E-state index contributed by atoms with van der Waals surface area (Å²) in [6.07, 6.45) is -0.575. The Morgan fingerprint density at radius 1 is 1.20 bits per heavy atom. The van der Waals surface area contributed by atoms with Crippen LogP contribution >= 0.6 is 0 Å². The first kappa shape index (κ1) is 13.9. The average Bonchev–Trinajstić information content (AvgIpc) is 2.41. The Morgan fingerprint density at radius 3 is 2.55 bits per heavy atom. The molecular formula is C16H18N2O2. The van der Waals surface area contributed by atoms with E-state index >= 15 is 0 Å². The number of nitrogens with two attached hydrogens (primary N) is 1. The molecule has 2 aromatic carbocycles. The van der Waals surface area contributed by atoms with Crippen LogP contribution in [-0.2, 0) is 4.79 Å². The number of rotatable bonds is 4. The SMILES string of the molecule is Cc1cccc(O[C@H](C)C(=O)Nc2ccc(N)cc2)c1. The summed E-state index contributed by atoms with van der Waals surface area (Å²) in [5.74, 6) is 0.487. The highest BCUT2D eigenvalue weighted by molar-refractivity contribution is 5.94. The highest BCUT2D eigenvalue weighted by atomic mass is 16.5. The van der Waals surface area contributed by atoms with Crippen molar-refractivity contribution in [2.45, 2.75) is 20.0 Å². The van der Waals surface area contributed by atoms with E-state index < -0.39 is 6.10 Å². The molecule has 0 aliphatic heterocycles. The van der Waals surface area contributed by atoms with Crippen LogP contribution in [0.3, 0.4) is 0 Å². The Labute approximate surface area is 118 Å². The number of aryl methyl sites for hydroxylation is 1. The number of benzene rings is 2. The van der Waals surface area contributed by atoms with Crippen LogP contribution in [0.25, 0.3) is 0 Å². The van der Waals surface area contributed by atoms with Crippen molar-refractivity contribution in [1.82, 2.24) is 0 Å². The van der Waals surface area contributed by atoms with Crippen LogP contribution in [0.4, 0.5) is 11.4 Å². The molecule has 1 amide bonds. The fourth-order valence-electron chi connectivity index (χ4n) is 1.76. The Hall–Kier alpha value is -2.49. The van der Waals surface area contributed by atoms with Gasteiger partial charge in [0.25, 0.3) is 5.91 Å². The molecule has 1 atom stereocenters. The van der Waals surface area contributed by atoms with Gasteiger partial charge in [0.05, 0.1) is 0 Å². The zero-order valence-corrected chi connectivity index (χ0v) is 11.6. The van der Waals surface area contributed by atoms with E-state index in [1.165, 1.54) is 0 Å². The predicted molar refractivity (Wildman–Crippen MR) is 80.8 cm³/mol. The number of carbonyl (C=O) groups excluding carboxylic acids is 1. The highest BCUT2D eigenvalue weighted by Gasteiger charge is 2.14. The van der Waals surface area contributed by atoms with Gasteiger partial charge < -0.3 is 15.8 Å². The molecule has 104 valence electrons. The number of nitrogen functional groups attached to an aromatic ring is 1. The molecule has 0 aromatic heterocycles. The van der Waals surface area contributed by atoms with Crippen LogP contribution in [-0.4, -0.2) is 12.0 Å². The summed E-state index contributed by atoms with van der Waals surface area (Å²) in [4.78, 5) is 12.0. The smallest absolute Gasteiger partial charge is 0.265 e. The van der Waals surface area contributed by atoms with Gasteiger partial charge in [-0.05, 0) is 55.8 Å². The molecule has 4 heteroatoms. The topological polar surface area (TPSA) is 64.3 Å². The molecule has 0 radical (unpaired) electrons. The molecule has 0 bridgehead atoms. The first-order valence-electron chi connectivity index (χ1n) is 6.44. The molecule has 0 fully saturated rings. The van der Waals surface area contributed by atoms with Gasteiger partial charge in [-0.3, -0.25) is 4.79 Å². The third-order valence-electron chi connectivity index (χ3n) is 2.85. The summed E-state index contributed by atoms with van der Waals surface area (Å²) >= 11 is 0. The number of nitrogens with one attached hydrogen (secondary N) is 1. The van der Waals surface area contributed by atoms with Gasteiger partial charge in [0.2, 0.25) is 0 Å². The van der Waals surface area contributed by atoms with Gasteiger partial charge in [0.15, 0.2) is 6.10 Å². The molecule has 0 heterocycles. The Morgan fingerprint density at radius 2 is 1.90 bits per heavy atom. The number of ether oxygens (including phenoxy) is 1. The highest BCUT2D eigenvalue weighted by Crippen LogP contribution is 2.15. The van der Waals surface area contributed by atoms with E-state index in [1.807, 2.05) is 31.2 Å². The van der Waals surface area contributed by atoms with Crippen LogP contribution in [0.1, 0.15) is 12.5 Å². The van der Waals surface area contributed by atoms with Gasteiger partial charge in [0.1, 0.15) is 5.75 Å². The van der Waals surface area contributed by atoms with E-state index in [4.69, 9.17) is 10.5 Å². The van der Waals surface area contributed by atoms with Crippen LogP contribution < -0.4 is 15.8 Å². The summed E-state index contributed by atoms with van der Waals surface area (Å²) in [7, 11) is 0. The maximum absolute atomic E-state index is 12.0. The molecular weight excluding hydrogens is 252 g/mol. The third-order valence-corrected chi connectivity index (χ3v) is 2.85. The summed E-state index contributed by atoms with van der Waals surface area (Å²) in [5, 5.41) is 2.78. The standard InChI is InChI=1S/C16H18N2O2/c1-11-4-3-5-15(10-11)20-12(2)16(19)18-14-8-6-13(17)7-9-14/h3-10,12H,17H2,1-2H3,(H,18,19)/t12-/m1/s1. The fourth-order valence-corrected chi connectivity index (χ4v) is 1.76. The minimum atomic E-state index is -0.575. The number of hydrogen-bond donors (Lipinski definition) is 2. The zero-order valence-electron chi connectivity index (χ0n) is 11.6. The second kappa shape index (κ2) is 6.10. The molecule has 0 unspecified atom stereocenters. The van der Waals surface area contributed by atoms with Gasteiger partial charge in [-0.15, -0.1) is 0 Å². The quantitative estimate of drug-likeness (QED) is 0.839. The Kier molecular flexibility index (Phi) is 4.25. The van der Waals surface area contributed by atoms with E-state index in [2.05, 4.69) is 5.32 Å². The number of carbonyl (C=O) groups is 1. The summed E-state index contributed by atoms with van der Waals surface area (Å²) in [6, 6.07) is 14.6. The lowest BCUT2D eigenvalue weighted by Gasteiger charge is -2.15. The third kappa shape index (κ3) is 3.75. The largest absolute Gasteiger partial charge is 0.481 e. The molecule has 0 aliphatic rings. The van der Waals surface area contributed by atoms with E-state index in [1.54, 1.807) is 31.2 Å². The number of hydrogen-bond acceptors (Lipinski definition) is 3. The van der Waals surface area contributed by atoms with E-state index in [0.29, 0.717) is 17.1 Å². The molecule has 3 N–H and O–H groups in total. The minimum Gasteiger partial charge on any atom is -0.481 e. The van der Waals surface area contributed by atoms with Crippen LogP contribution in [0.2, 0.25) is 0 Å². The average molecular weight is 270 g/mol. The van der Waals surface area contributed by atoms with E-state index in [9.17, 15) is 4.79 Å². The summed E-state index contributed by atoms with van der Waals surface area (Å²) in [5.41, 5.74) is 8.04. The minimum absolute atomic E-state index is 0.198. The van der Waals surface area contributed by atoms with Crippen LogP contribution in [0.15, 0.2) is 48.5 Å². The second-order valence-electron chi connectivity index (χ2n) is 4.69. The van der Waals surface area contributed by atoms with Gasteiger partial charge >= 0.3 is 0 Å². The van der Waals surface area contributed by atoms with E-state index in [0.717, 1.165) is 5.56 Å². The van der Waals surface area contributed by atoms with Gasteiger partial charge in [-0.25, -0.2) is 0 Å². The van der Waals surface area contributed by atoms with Crippen molar-refractivity contribution < 1.29 is 9.53 Å². The number of amides is 1. The molecule has 0 aliphatic carbocycles. The van der Waals surface area contributed by atoms with Crippen molar-refractivity contribution in [1.29, 1.82) is 0 Å². The van der Waals surface area contributed by atoms with Gasteiger partial charge in [-0.1, -0.05) is 12.1 Å². The van der Waals surface area contributed by atoms with Crippen molar-refractivity contribution in [3.63, 3.8) is 0 Å². The van der Waals surface area contributed by atoms with Crippen molar-refractivity contribution in [3.8, 4) is 5.75 Å². The molecule has 20 heavy (non-hydrogen) atoms. The summed E-state index contributed by atoms with van der Waals surface area (Å²) < 4.78 is 5.62. The normalized spacial score (nSPS) is 11.7. The first-order chi connectivity index (χ1) is 9.54. The molecule has 0 saturated carbocycles. The molecule has 2 aromatic rings. The predicted octanol–water partition coefficient (Wildman–Crippen LogP) is 2.98. The molecule has 2 rings (SSSR count). The van der Waals surface area contributed by atoms with Crippen LogP contribution in [0, 0.1) is 6.92 Å². The maximum Gasteiger partial charge on any atom is 0.265 e. The lowest BCUT2D eigenvalue weighted by Crippen LogP contribution is -2.30. The van der Waals surface area contributed by atoms with Crippen LogP contribution in [0.5, 0.6) is 5.75 Å². The first-order valence-corrected chi connectivity index (χ1v) is 6.44. The fraction of sp³-hybridized carbons (Fsp3) is 0.188. The lowest BCUT2D eigenvalue weighted by molar-refractivity contribution is -0.122.